The maximum atomic E-state index is 13.5. The molecule has 24 heavy (non-hydrogen) atoms. The smallest absolute Gasteiger partial charge is 0.315 e. The Morgan fingerprint density at radius 3 is 2.67 bits per heavy atom. The van der Waals surface area contributed by atoms with Crippen LogP contribution in [0.1, 0.15) is 11.7 Å². The highest BCUT2D eigenvalue weighted by Crippen LogP contribution is 2.15. The Labute approximate surface area is 138 Å². The zero-order valence-electron chi connectivity index (χ0n) is 12.8. The molecule has 0 bridgehead atoms. The van der Waals surface area contributed by atoms with Crippen molar-refractivity contribution in [3.05, 3.63) is 65.7 Å². The number of aliphatic hydroxyl groups is 1. The first-order valence-corrected chi connectivity index (χ1v) is 7.39. The van der Waals surface area contributed by atoms with Crippen LogP contribution in [-0.2, 0) is 0 Å². The molecule has 3 N–H and O–H groups in total. The SMILES string of the molecule is O=C(NCCOc1cccc(F)c1)NCC(O)c1ccccc1F. The van der Waals surface area contributed by atoms with E-state index in [1.807, 2.05) is 0 Å². The molecule has 1 atom stereocenters. The van der Waals surface area contributed by atoms with Crippen LogP contribution in [0.15, 0.2) is 48.5 Å². The number of nitrogens with one attached hydrogen (secondary N) is 2. The zero-order chi connectivity index (χ0) is 17.4. The minimum Gasteiger partial charge on any atom is -0.492 e. The number of hydrogen-bond acceptors (Lipinski definition) is 3. The Hall–Kier alpha value is -2.67. The molecule has 1 unspecified atom stereocenters. The van der Waals surface area contributed by atoms with Crippen molar-refractivity contribution in [2.45, 2.75) is 6.10 Å². The third-order valence-electron chi connectivity index (χ3n) is 3.17. The molecule has 0 aliphatic carbocycles. The third kappa shape index (κ3) is 5.51. The lowest BCUT2D eigenvalue weighted by Crippen LogP contribution is -2.39. The molecule has 0 saturated carbocycles. The van der Waals surface area contributed by atoms with Crippen molar-refractivity contribution >= 4 is 6.03 Å². The molecule has 2 amide bonds. The average Bonchev–Trinajstić information content (AvgIpc) is 2.57. The lowest BCUT2D eigenvalue weighted by atomic mass is 10.1. The van der Waals surface area contributed by atoms with Gasteiger partial charge < -0.3 is 20.5 Å². The summed E-state index contributed by atoms with van der Waals surface area (Å²) >= 11 is 0. The fourth-order valence-electron chi connectivity index (χ4n) is 2.00. The molecular formula is C17H18F2N2O3. The van der Waals surface area contributed by atoms with Gasteiger partial charge >= 0.3 is 6.03 Å². The summed E-state index contributed by atoms with van der Waals surface area (Å²) in [5.41, 5.74) is 0.118. The number of benzene rings is 2. The van der Waals surface area contributed by atoms with Crippen LogP contribution >= 0.6 is 0 Å². The van der Waals surface area contributed by atoms with Gasteiger partial charge in [0.05, 0.1) is 12.6 Å². The van der Waals surface area contributed by atoms with Crippen LogP contribution in [0.4, 0.5) is 13.6 Å². The van der Waals surface area contributed by atoms with Crippen molar-refractivity contribution in [1.82, 2.24) is 10.6 Å². The van der Waals surface area contributed by atoms with Gasteiger partial charge in [-0.15, -0.1) is 0 Å². The van der Waals surface area contributed by atoms with Crippen LogP contribution in [0.3, 0.4) is 0 Å². The van der Waals surface area contributed by atoms with Crippen LogP contribution in [0.2, 0.25) is 0 Å². The van der Waals surface area contributed by atoms with E-state index >= 15 is 0 Å². The van der Waals surface area contributed by atoms with E-state index in [2.05, 4.69) is 10.6 Å². The van der Waals surface area contributed by atoms with Crippen molar-refractivity contribution in [3.8, 4) is 5.75 Å². The van der Waals surface area contributed by atoms with E-state index in [-0.39, 0.29) is 25.3 Å². The Morgan fingerprint density at radius 1 is 1.12 bits per heavy atom. The first-order valence-electron chi connectivity index (χ1n) is 7.39. The Balaban J connectivity index is 1.65. The van der Waals surface area contributed by atoms with E-state index in [0.29, 0.717) is 5.75 Å². The summed E-state index contributed by atoms with van der Waals surface area (Å²) in [6.07, 6.45) is -1.14. The molecule has 7 heteroatoms. The summed E-state index contributed by atoms with van der Waals surface area (Å²) in [5.74, 6) is -0.566. The molecule has 2 aromatic carbocycles. The molecular weight excluding hydrogens is 318 g/mol. The van der Waals surface area contributed by atoms with Crippen LogP contribution < -0.4 is 15.4 Å². The Kier molecular flexibility index (Phi) is 6.51. The predicted octanol–water partition coefficient (Wildman–Crippen LogP) is 2.38. The second-order valence-corrected chi connectivity index (χ2v) is 4.98. The van der Waals surface area contributed by atoms with Crippen LogP contribution in [0.5, 0.6) is 5.75 Å². The van der Waals surface area contributed by atoms with E-state index in [0.717, 1.165) is 0 Å². The summed E-state index contributed by atoms with van der Waals surface area (Å²) in [6, 6.07) is 11.0. The minimum atomic E-state index is -1.14. The van der Waals surface area contributed by atoms with Gasteiger partial charge in [0, 0.05) is 18.2 Å². The van der Waals surface area contributed by atoms with Crippen LogP contribution in [0.25, 0.3) is 0 Å². The van der Waals surface area contributed by atoms with Crippen molar-refractivity contribution in [1.29, 1.82) is 0 Å². The van der Waals surface area contributed by atoms with E-state index in [9.17, 15) is 18.7 Å². The Morgan fingerprint density at radius 2 is 1.92 bits per heavy atom. The summed E-state index contributed by atoms with van der Waals surface area (Å²) in [4.78, 5) is 11.6. The van der Waals surface area contributed by atoms with Gasteiger partial charge in [0.2, 0.25) is 0 Å². The molecule has 5 nitrogen and oxygen atoms in total. The molecule has 0 fully saturated rings. The number of carbonyl (C=O) groups excluding carboxylic acids is 1. The van der Waals surface area contributed by atoms with E-state index in [4.69, 9.17) is 4.74 Å². The number of ether oxygens (including phenoxy) is 1. The number of carbonyl (C=O) groups is 1. The average molecular weight is 336 g/mol. The summed E-state index contributed by atoms with van der Waals surface area (Å²) in [6.45, 7) is 0.225. The monoisotopic (exact) mass is 336 g/mol. The van der Waals surface area contributed by atoms with Crippen molar-refractivity contribution in [2.24, 2.45) is 0 Å². The second-order valence-electron chi connectivity index (χ2n) is 4.98. The van der Waals surface area contributed by atoms with Crippen LogP contribution in [0, 0.1) is 11.6 Å². The normalized spacial score (nSPS) is 11.6. The second kappa shape index (κ2) is 8.83. The number of urea groups is 1. The molecule has 0 aromatic heterocycles. The fourth-order valence-corrected chi connectivity index (χ4v) is 2.00. The van der Waals surface area contributed by atoms with Gasteiger partial charge in [0.25, 0.3) is 0 Å². The predicted molar refractivity (Wildman–Crippen MR) is 84.7 cm³/mol. The summed E-state index contributed by atoms with van der Waals surface area (Å²) in [5, 5.41) is 14.8. The van der Waals surface area contributed by atoms with Crippen molar-refractivity contribution < 1.29 is 23.4 Å². The molecule has 0 aliphatic heterocycles. The fraction of sp³-hybridized carbons (Fsp3) is 0.235. The highest BCUT2D eigenvalue weighted by molar-refractivity contribution is 5.73. The van der Waals surface area contributed by atoms with Gasteiger partial charge in [-0.2, -0.15) is 0 Å². The molecule has 128 valence electrons. The van der Waals surface area contributed by atoms with E-state index in [1.165, 1.54) is 36.4 Å². The Bertz CT molecular complexity index is 682. The molecule has 0 aliphatic rings. The zero-order valence-corrected chi connectivity index (χ0v) is 12.8. The van der Waals surface area contributed by atoms with E-state index < -0.39 is 23.8 Å². The number of rotatable bonds is 7. The maximum absolute atomic E-state index is 13.5. The number of aliphatic hydroxyl groups excluding tert-OH is 1. The maximum Gasteiger partial charge on any atom is 0.315 e. The van der Waals surface area contributed by atoms with Gasteiger partial charge in [-0.1, -0.05) is 24.3 Å². The first kappa shape index (κ1) is 17.7. The topological polar surface area (TPSA) is 70.6 Å². The number of amides is 2. The molecule has 0 radical (unpaired) electrons. The first-order chi connectivity index (χ1) is 11.6. The largest absolute Gasteiger partial charge is 0.492 e. The van der Waals surface area contributed by atoms with E-state index in [1.54, 1.807) is 12.1 Å². The van der Waals surface area contributed by atoms with Crippen LogP contribution in [-0.4, -0.2) is 30.8 Å². The highest BCUT2D eigenvalue weighted by atomic mass is 19.1. The molecule has 0 heterocycles. The van der Waals surface area contributed by atoms with Gasteiger partial charge in [0.15, 0.2) is 0 Å². The standard InChI is InChI=1S/C17H18F2N2O3/c18-12-4-3-5-13(10-12)24-9-8-20-17(23)21-11-16(22)14-6-1-2-7-15(14)19/h1-7,10,16,22H,8-9,11H2,(H2,20,21,23). The van der Waals surface area contributed by atoms with Gasteiger partial charge in [-0.25, -0.2) is 13.6 Å². The van der Waals surface area contributed by atoms with Gasteiger partial charge in [0.1, 0.15) is 24.0 Å². The van der Waals surface area contributed by atoms with Gasteiger partial charge in [-0.3, -0.25) is 0 Å². The number of hydrogen-bond donors (Lipinski definition) is 3. The summed E-state index contributed by atoms with van der Waals surface area (Å²) < 4.78 is 31.7. The molecule has 0 saturated heterocycles. The van der Waals surface area contributed by atoms with Crippen molar-refractivity contribution in [3.63, 3.8) is 0 Å². The minimum absolute atomic E-state index is 0.118. The summed E-state index contributed by atoms with van der Waals surface area (Å²) in [7, 11) is 0. The number of halogens is 2. The third-order valence-corrected chi connectivity index (χ3v) is 3.17. The highest BCUT2D eigenvalue weighted by Gasteiger charge is 2.13. The molecule has 0 spiro atoms. The lowest BCUT2D eigenvalue weighted by Gasteiger charge is -2.13. The quantitative estimate of drug-likeness (QED) is 0.680. The van der Waals surface area contributed by atoms with Crippen molar-refractivity contribution in [2.75, 3.05) is 19.7 Å². The van der Waals surface area contributed by atoms with Gasteiger partial charge in [-0.05, 0) is 18.2 Å². The molecule has 2 aromatic rings. The molecule has 2 rings (SSSR count). The lowest BCUT2D eigenvalue weighted by molar-refractivity contribution is 0.168.